The molecule has 3 fully saturated rings. The molecule has 0 radical (unpaired) electrons. The van der Waals surface area contributed by atoms with Gasteiger partial charge < -0.3 is 34.1 Å². The van der Waals surface area contributed by atoms with Crippen LogP contribution in [-0.2, 0) is 37.6 Å². The van der Waals surface area contributed by atoms with Crippen molar-refractivity contribution >= 4 is 31.0 Å². The predicted octanol–water partition coefficient (Wildman–Crippen LogP) is 3.40. The van der Waals surface area contributed by atoms with Crippen LogP contribution in [0.2, 0.25) is 0 Å². The van der Waals surface area contributed by atoms with Gasteiger partial charge >= 0.3 is 13.7 Å². The molecule has 1 aromatic carbocycles. The maximum absolute atomic E-state index is 14.4. The van der Waals surface area contributed by atoms with Crippen molar-refractivity contribution in [2.75, 3.05) is 25.4 Å². The van der Waals surface area contributed by atoms with Crippen LogP contribution in [-0.4, -0.2) is 86.8 Å². The van der Waals surface area contributed by atoms with Crippen molar-refractivity contribution in [1.29, 1.82) is 0 Å². The Morgan fingerprint density at radius 2 is 1.83 bits per heavy atom. The molecule has 2 unspecified atom stereocenters. The van der Waals surface area contributed by atoms with E-state index in [9.17, 15) is 14.2 Å². The molecule has 3 N–H and O–H groups in total. The number of nitrogens with one attached hydrogen (secondary N) is 1. The van der Waals surface area contributed by atoms with Crippen LogP contribution >= 0.6 is 7.75 Å². The molecule has 3 saturated heterocycles. The second-order valence-electron chi connectivity index (χ2n) is 12.7. The average molecular weight is 673 g/mol. The molecular formula is C31H41N6O9P. The van der Waals surface area contributed by atoms with Gasteiger partial charge in [0.25, 0.3) is 0 Å². The smallest absolute Gasteiger partial charge is 0.459 e. The van der Waals surface area contributed by atoms with Crippen molar-refractivity contribution in [3.05, 3.63) is 54.5 Å². The van der Waals surface area contributed by atoms with Crippen LogP contribution in [0.3, 0.4) is 0 Å². The van der Waals surface area contributed by atoms with Gasteiger partial charge in [0.05, 0.1) is 12.3 Å². The average Bonchev–Trinajstić information content (AvgIpc) is 3.68. The topological polar surface area (TPSA) is 178 Å². The third kappa shape index (κ3) is 7.01. The van der Waals surface area contributed by atoms with E-state index in [1.165, 1.54) is 20.2 Å². The van der Waals surface area contributed by atoms with Crippen LogP contribution in [0.15, 0.2) is 48.8 Å². The van der Waals surface area contributed by atoms with Crippen molar-refractivity contribution in [1.82, 2.24) is 24.6 Å². The van der Waals surface area contributed by atoms with E-state index in [0.717, 1.165) is 0 Å². The van der Waals surface area contributed by atoms with Crippen molar-refractivity contribution in [3.63, 3.8) is 0 Å². The Bertz CT molecular complexity index is 1660. The summed E-state index contributed by atoms with van der Waals surface area (Å²) in [6.45, 7) is 9.18. The van der Waals surface area contributed by atoms with Gasteiger partial charge in [-0.1, -0.05) is 18.2 Å². The maximum atomic E-state index is 14.4. The summed E-state index contributed by atoms with van der Waals surface area (Å²) in [5, 5.41) is 7.12. The minimum atomic E-state index is -4.24. The molecule has 2 aromatic heterocycles. The molecule has 0 aliphatic carbocycles. The van der Waals surface area contributed by atoms with Gasteiger partial charge in [-0.3, -0.25) is 14.1 Å². The van der Waals surface area contributed by atoms with Gasteiger partial charge in [0.1, 0.15) is 53.7 Å². The quantitative estimate of drug-likeness (QED) is 0.237. The molecule has 0 spiro atoms. The summed E-state index contributed by atoms with van der Waals surface area (Å²) < 4.78 is 52.9. The Hall–Kier alpha value is -3.59. The lowest BCUT2D eigenvalue weighted by atomic mass is 9.97. The number of hydrogen-bond donors (Lipinski definition) is 2. The monoisotopic (exact) mass is 672 g/mol. The third-order valence-electron chi connectivity index (χ3n) is 8.59. The summed E-state index contributed by atoms with van der Waals surface area (Å²) in [5.74, 6) is -0.994. The summed E-state index contributed by atoms with van der Waals surface area (Å²) in [5.41, 5.74) is 6.17. The first-order valence-electron chi connectivity index (χ1n) is 15.6. The Labute approximate surface area is 272 Å². The number of hydrogen-bond acceptors (Lipinski definition) is 12. The molecule has 5 heterocycles. The van der Waals surface area contributed by atoms with Gasteiger partial charge in [-0.2, -0.15) is 10.2 Å². The van der Waals surface area contributed by atoms with Gasteiger partial charge in [-0.15, -0.1) is 0 Å². The van der Waals surface area contributed by atoms with Crippen molar-refractivity contribution in [2.45, 2.75) is 89.3 Å². The molecule has 47 heavy (non-hydrogen) atoms. The minimum Gasteiger partial charge on any atom is -0.461 e. The number of aromatic nitrogens is 3. The first-order chi connectivity index (χ1) is 22.3. The highest BCUT2D eigenvalue weighted by molar-refractivity contribution is 7.52. The molecule has 254 valence electrons. The molecule has 6 atom stereocenters. The van der Waals surface area contributed by atoms with Gasteiger partial charge in [-0.05, 0) is 52.0 Å². The van der Waals surface area contributed by atoms with Gasteiger partial charge in [-0.25, -0.2) is 14.1 Å². The fraction of sp³-hybridized carbons (Fsp3) is 0.548. The zero-order chi connectivity index (χ0) is 33.6. The predicted molar refractivity (Wildman–Crippen MR) is 168 cm³/mol. The fourth-order valence-electron chi connectivity index (χ4n) is 6.21. The number of nitrogens with zero attached hydrogens (tertiary/aromatic N) is 4. The van der Waals surface area contributed by atoms with Crippen LogP contribution in [0.1, 0.15) is 59.3 Å². The summed E-state index contributed by atoms with van der Waals surface area (Å²) >= 11 is 0. The third-order valence-corrected chi connectivity index (χ3v) is 10.2. The second kappa shape index (κ2) is 12.8. The number of piperidine rings is 1. The fourth-order valence-corrected chi connectivity index (χ4v) is 7.79. The zero-order valence-electron chi connectivity index (χ0n) is 27.0. The lowest BCUT2D eigenvalue weighted by Crippen LogP contribution is -2.45. The maximum Gasteiger partial charge on any atom is 0.459 e. The SMILES string of the molecule is CC(=O)N1CCC(OC(=O)C(C)NP(=O)(OC[C@@]2(C)O[C@@H](c3ccc4c(N)ncnn34)[C@@H]3OC(C)(C)O[C@@H]32)Oc2ccccc2)CC1. The van der Waals surface area contributed by atoms with E-state index in [-0.39, 0.29) is 24.4 Å². The number of anilines is 1. The van der Waals surface area contributed by atoms with E-state index in [0.29, 0.717) is 43.0 Å². The van der Waals surface area contributed by atoms with E-state index in [2.05, 4.69) is 15.2 Å². The van der Waals surface area contributed by atoms with E-state index >= 15 is 0 Å². The first-order valence-corrected chi connectivity index (χ1v) is 17.1. The number of carbonyl (C=O) groups is 2. The second-order valence-corrected chi connectivity index (χ2v) is 14.4. The summed E-state index contributed by atoms with van der Waals surface area (Å²) in [7, 11) is -4.24. The Morgan fingerprint density at radius 1 is 1.11 bits per heavy atom. The highest BCUT2D eigenvalue weighted by Crippen LogP contribution is 2.53. The number of likely N-dealkylation sites (tertiary alicyclic amines) is 1. The van der Waals surface area contributed by atoms with Crippen LogP contribution in [0.5, 0.6) is 5.75 Å². The molecule has 3 aliphatic heterocycles. The molecule has 15 nitrogen and oxygen atoms in total. The van der Waals surface area contributed by atoms with Crippen molar-refractivity contribution in [3.8, 4) is 5.75 Å². The van der Waals surface area contributed by atoms with Gasteiger partial charge in [0.15, 0.2) is 11.6 Å². The van der Waals surface area contributed by atoms with Crippen LogP contribution in [0.4, 0.5) is 5.82 Å². The number of para-hydroxylation sites is 1. The van der Waals surface area contributed by atoms with Crippen molar-refractivity contribution < 1.29 is 42.1 Å². The Morgan fingerprint density at radius 3 is 2.53 bits per heavy atom. The van der Waals surface area contributed by atoms with E-state index in [4.69, 9.17) is 33.7 Å². The molecule has 0 bridgehead atoms. The molecule has 3 aromatic rings. The number of benzene rings is 1. The van der Waals surface area contributed by atoms with Gasteiger partial charge in [0.2, 0.25) is 5.91 Å². The highest BCUT2D eigenvalue weighted by Gasteiger charge is 2.62. The summed E-state index contributed by atoms with van der Waals surface area (Å²) in [4.78, 5) is 30.6. The summed E-state index contributed by atoms with van der Waals surface area (Å²) in [6, 6.07) is 11.1. The number of rotatable bonds is 10. The zero-order valence-corrected chi connectivity index (χ0v) is 27.9. The number of fused-ring (bicyclic) bond motifs is 2. The Balaban J connectivity index is 1.20. The summed E-state index contributed by atoms with van der Waals surface area (Å²) in [6.07, 6.45) is 0.157. The molecule has 1 amide bonds. The first kappa shape index (κ1) is 33.3. The lowest BCUT2D eigenvalue weighted by Gasteiger charge is -2.33. The molecule has 3 aliphatic rings. The number of carbonyl (C=O) groups excluding carboxylic acids is 2. The largest absolute Gasteiger partial charge is 0.461 e. The van der Waals surface area contributed by atoms with E-state index < -0.39 is 49.5 Å². The highest BCUT2D eigenvalue weighted by atomic mass is 31.2. The van der Waals surface area contributed by atoms with Crippen LogP contribution in [0, 0.1) is 0 Å². The molecule has 6 rings (SSSR count). The van der Waals surface area contributed by atoms with Crippen LogP contribution in [0.25, 0.3) is 5.52 Å². The van der Waals surface area contributed by atoms with Crippen LogP contribution < -0.4 is 15.3 Å². The molecular weight excluding hydrogens is 631 g/mol. The number of ether oxygens (including phenoxy) is 4. The van der Waals surface area contributed by atoms with Gasteiger partial charge in [0, 0.05) is 32.9 Å². The minimum absolute atomic E-state index is 0.0165. The molecule has 16 heteroatoms. The number of nitrogen functional groups attached to an aromatic ring is 1. The Kier molecular flexibility index (Phi) is 9.07. The normalized spacial score (nSPS) is 27.7. The van der Waals surface area contributed by atoms with Crippen molar-refractivity contribution in [2.24, 2.45) is 0 Å². The standard InChI is InChI=1S/C31H41N6O9P/c1-19(29(39)42-21-13-15-36(16-14-21)20(2)38)35-47(40,46-22-9-7-6-8-10-22)41-17-31(5)27-26(43-30(3,4)45-27)25(44-31)23-11-12-24-28(32)33-18-34-37(23)24/h6-12,18-19,21,25-27H,13-17H2,1-5H3,(H,35,40)(H2,32,33,34)/t19?,25-,26-,27-,31+,47?/m0/s1. The molecule has 0 saturated carbocycles. The number of amides is 1. The van der Waals surface area contributed by atoms with E-state index in [1.54, 1.807) is 52.7 Å². The van der Waals surface area contributed by atoms with E-state index in [1.807, 2.05) is 19.9 Å². The number of esters is 1. The lowest BCUT2D eigenvalue weighted by molar-refractivity contribution is -0.212. The number of nitrogens with two attached hydrogens (primary N) is 1.